The molecule has 0 saturated heterocycles. The van der Waals surface area contributed by atoms with Crippen molar-refractivity contribution in [2.75, 3.05) is 19.0 Å². The average molecular weight is 246 g/mol. The van der Waals surface area contributed by atoms with Crippen molar-refractivity contribution in [2.45, 2.75) is 25.7 Å². The van der Waals surface area contributed by atoms with Gasteiger partial charge in [0.1, 0.15) is 5.82 Å². The molecular formula is C14H18N2O2. The molecule has 4 nitrogen and oxygen atoms in total. The fourth-order valence-corrected chi connectivity index (χ4v) is 2.09. The van der Waals surface area contributed by atoms with Gasteiger partial charge in [-0.2, -0.15) is 0 Å². The molecule has 18 heavy (non-hydrogen) atoms. The number of ether oxygens (including phenoxy) is 1. The number of hydrogen-bond acceptors (Lipinski definition) is 4. The molecule has 1 N–H and O–H groups in total. The van der Waals surface area contributed by atoms with Gasteiger partial charge in [0.05, 0.1) is 12.7 Å². The molecule has 0 aliphatic heterocycles. The lowest BCUT2D eigenvalue weighted by atomic mass is 10.2. The van der Waals surface area contributed by atoms with Crippen LogP contribution >= 0.6 is 0 Å². The summed E-state index contributed by atoms with van der Waals surface area (Å²) in [6.07, 6.45) is 8.70. The van der Waals surface area contributed by atoms with Crippen molar-refractivity contribution in [2.24, 2.45) is 0 Å². The minimum absolute atomic E-state index is 0.334. The number of pyridine rings is 1. The summed E-state index contributed by atoms with van der Waals surface area (Å²) in [5.41, 5.74) is 2.04. The molecule has 2 rings (SSSR count). The van der Waals surface area contributed by atoms with Crippen LogP contribution in [-0.4, -0.2) is 24.6 Å². The molecule has 1 heterocycles. The SMILES string of the molecule is COC(=O)c1ccnc(NCCC2=CCCC2)c1. The Hall–Kier alpha value is -1.84. The number of carbonyl (C=O) groups excluding carboxylic acids is 1. The molecule has 1 aliphatic rings. The second-order valence-corrected chi connectivity index (χ2v) is 4.35. The molecule has 96 valence electrons. The summed E-state index contributed by atoms with van der Waals surface area (Å²) >= 11 is 0. The highest BCUT2D eigenvalue weighted by atomic mass is 16.5. The normalized spacial score (nSPS) is 14.2. The molecule has 1 aliphatic carbocycles. The Kier molecular flexibility index (Phi) is 4.34. The molecule has 4 heteroatoms. The van der Waals surface area contributed by atoms with E-state index >= 15 is 0 Å². The molecule has 0 radical (unpaired) electrons. The van der Waals surface area contributed by atoms with E-state index in [1.165, 1.54) is 31.9 Å². The molecule has 0 saturated carbocycles. The van der Waals surface area contributed by atoms with Gasteiger partial charge in [-0.15, -0.1) is 0 Å². The smallest absolute Gasteiger partial charge is 0.338 e. The zero-order valence-corrected chi connectivity index (χ0v) is 10.6. The monoisotopic (exact) mass is 246 g/mol. The van der Waals surface area contributed by atoms with Gasteiger partial charge in [-0.3, -0.25) is 0 Å². The van der Waals surface area contributed by atoms with E-state index in [-0.39, 0.29) is 5.97 Å². The number of esters is 1. The number of hydrogen-bond donors (Lipinski definition) is 1. The standard InChI is InChI=1S/C14H18N2O2/c1-18-14(17)12-7-9-16-13(10-12)15-8-6-11-4-2-3-5-11/h4,7,9-10H,2-3,5-6,8H2,1H3,(H,15,16). The zero-order valence-electron chi connectivity index (χ0n) is 10.6. The highest BCUT2D eigenvalue weighted by molar-refractivity contribution is 5.89. The van der Waals surface area contributed by atoms with E-state index < -0.39 is 0 Å². The first-order valence-corrected chi connectivity index (χ1v) is 6.26. The third-order valence-electron chi connectivity index (χ3n) is 3.07. The van der Waals surface area contributed by atoms with Crippen LogP contribution in [0.5, 0.6) is 0 Å². The highest BCUT2D eigenvalue weighted by Crippen LogP contribution is 2.20. The maximum absolute atomic E-state index is 11.4. The van der Waals surface area contributed by atoms with Crippen molar-refractivity contribution >= 4 is 11.8 Å². The van der Waals surface area contributed by atoms with Crippen LogP contribution in [0.4, 0.5) is 5.82 Å². The second-order valence-electron chi connectivity index (χ2n) is 4.35. The van der Waals surface area contributed by atoms with Crippen molar-refractivity contribution in [1.29, 1.82) is 0 Å². The fraction of sp³-hybridized carbons (Fsp3) is 0.429. The summed E-state index contributed by atoms with van der Waals surface area (Å²) in [6.45, 7) is 0.851. The highest BCUT2D eigenvalue weighted by Gasteiger charge is 2.07. The van der Waals surface area contributed by atoms with Gasteiger partial charge in [0.2, 0.25) is 0 Å². The van der Waals surface area contributed by atoms with Gasteiger partial charge in [-0.1, -0.05) is 11.6 Å². The minimum atomic E-state index is -0.334. The Balaban J connectivity index is 1.87. The number of aromatic nitrogens is 1. The van der Waals surface area contributed by atoms with Gasteiger partial charge in [-0.25, -0.2) is 9.78 Å². The van der Waals surface area contributed by atoms with Crippen LogP contribution in [0, 0.1) is 0 Å². The maximum atomic E-state index is 11.4. The number of methoxy groups -OCH3 is 1. The Morgan fingerprint density at radius 3 is 3.17 bits per heavy atom. The molecule has 0 amide bonds. The topological polar surface area (TPSA) is 51.2 Å². The molecule has 1 aromatic heterocycles. The van der Waals surface area contributed by atoms with Crippen molar-refractivity contribution in [1.82, 2.24) is 4.98 Å². The lowest BCUT2D eigenvalue weighted by molar-refractivity contribution is 0.0600. The second kappa shape index (κ2) is 6.19. The third-order valence-corrected chi connectivity index (χ3v) is 3.07. The van der Waals surface area contributed by atoms with Crippen molar-refractivity contribution in [3.8, 4) is 0 Å². The molecule has 0 unspecified atom stereocenters. The van der Waals surface area contributed by atoms with Crippen molar-refractivity contribution < 1.29 is 9.53 Å². The van der Waals surface area contributed by atoms with Gasteiger partial charge in [0, 0.05) is 12.7 Å². The predicted octanol–water partition coefficient (Wildman–Crippen LogP) is 2.78. The van der Waals surface area contributed by atoms with Gasteiger partial charge in [-0.05, 0) is 37.8 Å². The summed E-state index contributed by atoms with van der Waals surface area (Å²) < 4.78 is 4.67. The first-order chi connectivity index (χ1) is 8.79. The quantitative estimate of drug-likeness (QED) is 0.641. The van der Waals surface area contributed by atoms with Gasteiger partial charge in [0.25, 0.3) is 0 Å². The Morgan fingerprint density at radius 1 is 1.56 bits per heavy atom. The molecule has 0 atom stereocenters. The van der Waals surface area contributed by atoms with Gasteiger partial charge < -0.3 is 10.1 Å². The van der Waals surface area contributed by atoms with E-state index in [0.717, 1.165) is 18.8 Å². The molecule has 0 bridgehead atoms. The minimum Gasteiger partial charge on any atom is -0.465 e. The van der Waals surface area contributed by atoms with E-state index in [1.807, 2.05) is 0 Å². The first kappa shape index (κ1) is 12.6. The largest absolute Gasteiger partial charge is 0.465 e. The van der Waals surface area contributed by atoms with E-state index in [0.29, 0.717) is 5.56 Å². The Morgan fingerprint density at radius 2 is 2.44 bits per heavy atom. The average Bonchev–Trinajstić information content (AvgIpc) is 2.91. The van der Waals surface area contributed by atoms with E-state index in [9.17, 15) is 4.79 Å². The van der Waals surface area contributed by atoms with Crippen LogP contribution in [-0.2, 0) is 4.74 Å². The van der Waals surface area contributed by atoms with Crippen LogP contribution in [0.3, 0.4) is 0 Å². The van der Waals surface area contributed by atoms with Gasteiger partial charge >= 0.3 is 5.97 Å². The zero-order chi connectivity index (χ0) is 12.8. The predicted molar refractivity (Wildman–Crippen MR) is 70.6 cm³/mol. The lowest BCUT2D eigenvalue weighted by Gasteiger charge is -2.07. The molecule has 1 aromatic rings. The van der Waals surface area contributed by atoms with E-state index in [2.05, 4.69) is 21.1 Å². The van der Waals surface area contributed by atoms with Crippen LogP contribution < -0.4 is 5.32 Å². The lowest BCUT2D eigenvalue weighted by Crippen LogP contribution is -2.07. The van der Waals surface area contributed by atoms with Crippen molar-refractivity contribution in [3.63, 3.8) is 0 Å². The summed E-state index contributed by atoms with van der Waals surface area (Å²) in [5, 5.41) is 3.23. The van der Waals surface area contributed by atoms with Crippen LogP contribution in [0.15, 0.2) is 30.0 Å². The summed E-state index contributed by atoms with van der Waals surface area (Å²) in [7, 11) is 1.38. The number of anilines is 1. The molecular weight excluding hydrogens is 228 g/mol. The molecule has 0 spiro atoms. The molecule has 0 aromatic carbocycles. The van der Waals surface area contributed by atoms with Crippen LogP contribution in [0.1, 0.15) is 36.0 Å². The summed E-state index contributed by atoms with van der Waals surface area (Å²) in [5.74, 6) is 0.385. The molecule has 0 fully saturated rings. The van der Waals surface area contributed by atoms with Gasteiger partial charge in [0.15, 0.2) is 0 Å². The number of nitrogens with zero attached hydrogens (tertiary/aromatic N) is 1. The number of nitrogens with one attached hydrogen (secondary N) is 1. The first-order valence-electron chi connectivity index (χ1n) is 6.26. The number of rotatable bonds is 5. The Labute approximate surface area is 107 Å². The van der Waals surface area contributed by atoms with E-state index in [1.54, 1.807) is 18.3 Å². The van der Waals surface area contributed by atoms with Crippen molar-refractivity contribution in [3.05, 3.63) is 35.5 Å². The number of allylic oxidation sites excluding steroid dienone is 1. The number of carbonyl (C=O) groups is 1. The Bertz CT molecular complexity index is 455. The fourth-order valence-electron chi connectivity index (χ4n) is 2.09. The maximum Gasteiger partial charge on any atom is 0.338 e. The third kappa shape index (κ3) is 3.32. The summed E-state index contributed by atoms with van der Waals surface area (Å²) in [6, 6.07) is 3.37. The van der Waals surface area contributed by atoms with E-state index in [4.69, 9.17) is 0 Å². The summed E-state index contributed by atoms with van der Waals surface area (Å²) in [4.78, 5) is 15.5. The van der Waals surface area contributed by atoms with Crippen LogP contribution in [0.2, 0.25) is 0 Å². The van der Waals surface area contributed by atoms with Crippen LogP contribution in [0.25, 0.3) is 0 Å².